The van der Waals surface area contributed by atoms with Gasteiger partial charge in [-0.05, 0) is 18.2 Å². The Morgan fingerprint density at radius 2 is 1.89 bits per heavy atom. The lowest BCUT2D eigenvalue weighted by molar-refractivity contribution is -0.137. The summed E-state index contributed by atoms with van der Waals surface area (Å²) >= 11 is 5.84. The number of esters is 1. The molecule has 1 amide bonds. The minimum atomic E-state index is -4.64. The molecule has 0 saturated carbocycles. The van der Waals surface area contributed by atoms with Gasteiger partial charge in [0.1, 0.15) is 11.3 Å². The van der Waals surface area contributed by atoms with Gasteiger partial charge >= 0.3 is 12.1 Å². The van der Waals surface area contributed by atoms with Crippen molar-refractivity contribution in [1.29, 1.82) is 0 Å². The zero-order valence-electron chi connectivity index (χ0n) is 13.9. The van der Waals surface area contributed by atoms with Crippen LogP contribution in [0.2, 0.25) is 5.02 Å². The van der Waals surface area contributed by atoms with E-state index < -0.39 is 35.9 Å². The Hall–Kier alpha value is -2.94. The third kappa shape index (κ3) is 5.04. The molecule has 2 rings (SSSR count). The minimum absolute atomic E-state index is 0.0738. The number of methoxy groups -OCH3 is 1. The second kappa shape index (κ2) is 8.17. The number of nitrogens with one attached hydrogen (secondary N) is 1. The SMILES string of the molecule is COc1cc(N)c(Cl)cc1C(=O)OCC(=O)Nc1ccccc1C(F)(F)F. The number of nitrogens with two attached hydrogens (primary N) is 1. The van der Waals surface area contributed by atoms with Crippen molar-refractivity contribution in [1.82, 2.24) is 0 Å². The number of ether oxygens (including phenoxy) is 2. The van der Waals surface area contributed by atoms with E-state index in [0.717, 1.165) is 12.1 Å². The standard InChI is InChI=1S/C17H14ClF3N2O4/c1-26-14-7-12(22)11(18)6-9(14)16(25)27-8-15(24)23-13-5-3-2-4-10(13)17(19,20)21/h2-7H,8,22H2,1H3,(H,23,24). The quantitative estimate of drug-likeness (QED) is 0.587. The van der Waals surface area contributed by atoms with Gasteiger partial charge in [-0.3, -0.25) is 4.79 Å². The number of hydrogen-bond donors (Lipinski definition) is 2. The van der Waals surface area contributed by atoms with Crippen LogP contribution in [0.15, 0.2) is 36.4 Å². The molecule has 144 valence electrons. The van der Waals surface area contributed by atoms with Gasteiger partial charge in [0.2, 0.25) is 0 Å². The number of anilines is 2. The Balaban J connectivity index is 2.07. The molecular formula is C17H14ClF3N2O4. The summed E-state index contributed by atoms with van der Waals surface area (Å²) in [5, 5.41) is 2.13. The van der Waals surface area contributed by atoms with E-state index in [0.29, 0.717) is 0 Å². The fourth-order valence-corrected chi connectivity index (χ4v) is 2.30. The fourth-order valence-electron chi connectivity index (χ4n) is 2.13. The van der Waals surface area contributed by atoms with Crippen molar-refractivity contribution in [3.8, 4) is 5.75 Å². The van der Waals surface area contributed by atoms with E-state index >= 15 is 0 Å². The number of carbonyl (C=O) groups is 2. The first-order valence-electron chi connectivity index (χ1n) is 7.39. The molecule has 2 aromatic carbocycles. The Morgan fingerprint density at radius 1 is 1.22 bits per heavy atom. The monoisotopic (exact) mass is 402 g/mol. The molecule has 0 bridgehead atoms. The van der Waals surface area contributed by atoms with Gasteiger partial charge in [0.05, 0.1) is 29.1 Å². The molecule has 0 spiro atoms. The maximum absolute atomic E-state index is 12.9. The van der Waals surface area contributed by atoms with Gasteiger partial charge < -0.3 is 20.5 Å². The summed E-state index contributed by atoms with van der Waals surface area (Å²) in [7, 11) is 1.29. The normalized spacial score (nSPS) is 11.0. The van der Waals surface area contributed by atoms with E-state index in [2.05, 4.69) is 5.32 Å². The Bertz CT molecular complexity index is 872. The van der Waals surface area contributed by atoms with Crippen LogP contribution < -0.4 is 15.8 Å². The molecule has 0 radical (unpaired) electrons. The molecule has 0 atom stereocenters. The van der Waals surface area contributed by atoms with Crippen molar-refractivity contribution in [3.05, 3.63) is 52.5 Å². The molecule has 0 fully saturated rings. The molecule has 0 aliphatic heterocycles. The first-order chi connectivity index (χ1) is 12.6. The van der Waals surface area contributed by atoms with Crippen LogP contribution in [-0.2, 0) is 15.7 Å². The fraction of sp³-hybridized carbons (Fsp3) is 0.176. The molecule has 0 saturated heterocycles. The average Bonchev–Trinajstić information content (AvgIpc) is 2.61. The van der Waals surface area contributed by atoms with Crippen LogP contribution in [0.1, 0.15) is 15.9 Å². The van der Waals surface area contributed by atoms with Crippen molar-refractivity contribution < 1.29 is 32.2 Å². The van der Waals surface area contributed by atoms with Crippen LogP contribution in [0, 0.1) is 0 Å². The van der Waals surface area contributed by atoms with Gasteiger partial charge in [-0.2, -0.15) is 13.2 Å². The Kier molecular flexibility index (Phi) is 6.17. The molecule has 10 heteroatoms. The number of benzene rings is 2. The largest absolute Gasteiger partial charge is 0.496 e. The molecule has 6 nitrogen and oxygen atoms in total. The van der Waals surface area contributed by atoms with Gasteiger partial charge in [-0.15, -0.1) is 0 Å². The summed E-state index contributed by atoms with van der Waals surface area (Å²) in [5.41, 5.74) is 4.23. The van der Waals surface area contributed by atoms with E-state index in [-0.39, 0.29) is 22.0 Å². The van der Waals surface area contributed by atoms with E-state index in [1.165, 1.54) is 31.4 Å². The van der Waals surface area contributed by atoms with E-state index in [1.807, 2.05) is 0 Å². The number of nitrogen functional groups attached to an aromatic ring is 1. The number of amides is 1. The molecule has 27 heavy (non-hydrogen) atoms. The molecule has 2 aromatic rings. The average molecular weight is 403 g/mol. The smallest absolute Gasteiger partial charge is 0.418 e. The molecule has 3 N–H and O–H groups in total. The maximum Gasteiger partial charge on any atom is 0.418 e. The first kappa shape index (κ1) is 20.4. The number of hydrogen-bond acceptors (Lipinski definition) is 5. The third-order valence-corrected chi connectivity index (χ3v) is 3.71. The maximum atomic E-state index is 12.9. The van der Waals surface area contributed by atoms with Crippen molar-refractivity contribution in [2.45, 2.75) is 6.18 Å². The van der Waals surface area contributed by atoms with Crippen molar-refractivity contribution in [3.63, 3.8) is 0 Å². The summed E-state index contributed by atoms with van der Waals surface area (Å²) in [4.78, 5) is 24.0. The Morgan fingerprint density at radius 3 is 2.52 bits per heavy atom. The predicted octanol–water partition coefficient (Wildman–Crippen LogP) is 3.75. The molecule has 0 heterocycles. The summed E-state index contributed by atoms with van der Waals surface area (Å²) in [6, 6.07) is 6.94. The van der Waals surface area contributed by atoms with Crippen LogP contribution in [-0.4, -0.2) is 25.6 Å². The number of halogens is 4. The molecular weight excluding hydrogens is 389 g/mol. The molecule has 0 aliphatic carbocycles. The Labute approximate surface area is 157 Å². The second-order valence-corrected chi connectivity index (χ2v) is 5.65. The van der Waals surface area contributed by atoms with Crippen LogP contribution in [0.25, 0.3) is 0 Å². The van der Waals surface area contributed by atoms with Gasteiger partial charge in [0.15, 0.2) is 6.61 Å². The summed E-state index contributed by atoms with van der Waals surface area (Å²) in [6.45, 7) is -0.809. The van der Waals surface area contributed by atoms with Gasteiger partial charge in [0.25, 0.3) is 5.91 Å². The van der Waals surface area contributed by atoms with Gasteiger partial charge in [0, 0.05) is 6.07 Å². The van der Waals surface area contributed by atoms with E-state index in [9.17, 15) is 22.8 Å². The lowest BCUT2D eigenvalue weighted by atomic mass is 10.1. The second-order valence-electron chi connectivity index (χ2n) is 5.24. The summed E-state index contributed by atoms with van der Waals surface area (Å²) < 4.78 is 48.6. The van der Waals surface area contributed by atoms with E-state index in [4.69, 9.17) is 26.8 Å². The van der Waals surface area contributed by atoms with Crippen LogP contribution in [0.3, 0.4) is 0 Å². The van der Waals surface area contributed by atoms with Crippen LogP contribution in [0.5, 0.6) is 5.75 Å². The first-order valence-corrected chi connectivity index (χ1v) is 7.77. The number of rotatable bonds is 5. The van der Waals surface area contributed by atoms with E-state index in [1.54, 1.807) is 0 Å². The zero-order chi connectivity index (χ0) is 20.2. The van der Waals surface area contributed by atoms with Crippen molar-refractivity contribution in [2.75, 3.05) is 24.8 Å². The highest BCUT2D eigenvalue weighted by atomic mass is 35.5. The predicted molar refractivity (Wildman–Crippen MR) is 92.8 cm³/mol. The number of para-hydroxylation sites is 1. The zero-order valence-corrected chi connectivity index (χ0v) is 14.6. The van der Waals surface area contributed by atoms with Gasteiger partial charge in [-0.25, -0.2) is 4.79 Å². The summed E-state index contributed by atoms with van der Waals surface area (Å²) in [5.74, 6) is -1.82. The summed E-state index contributed by atoms with van der Waals surface area (Å²) in [6.07, 6.45) is -4.64. The lowest BCUT2D eigenvalue weighted by Gasteiger charge is -2.14. The lowest BCUT2D eigenvalue weighted by Crippen LogP contribution is -2.23. The molecule has 0 aliphatic rings. The minimum Gasteiger partial charge on any atom is -0.496 e. The topological polar surface area (TPSA) is 90.7 Å². The van der Waals surface area contributed by atoms with Crippen molar-refractivity contribution in [2.24, 2.45) is 0 Å². The van der Waals surface area contributed by atoms with Gasteiger partial charge in [-0.1, -0.05) is 23.7 Å². The third-order valence-electron chi connectivity index (χ3n) is 3.38. The van der Waals surface area contributed by atoms with Crippen LogP contribution >= 0.6 is 11.6 Å². The van der Waals surface area contributed by atoms with Crippen LogP contribution in [0.4, 0.5) is 24.5 Å². The molecule has 0 unspecified atom stereocenters. The highest BCUT2D eigenvalue weighted by molar-refractivity contribution is 6.33. The highest BCUT2D eigenvalue weighted by Gasteiger charge is 2.33. The van der Waals surface area contributed by atoms with Crippen molar-refractivity contribution >= 4 is 34.9 Å². The number of carbonyl (C=O) groups excluding carboxylic acids is 2. The number of alkyl halides is 3. The highest BCUT2D eigenvalue weighted by Crippen LogP contribution is 2.34. The molecule has 0 aromatic heterocycles.